The van der Waals surface area contributed by atoms with Gasteiger partial charge in [-0.1, -0.05) is 12.1 Å². The summed E-state index contributed by atoms with van der Waals surface area (Å²) >= 11 is 0. The summed E-state index contributed by atoms with van der Waals surface area (Å²) in [6.45, 7) is 5.39. The topological polar surface area (TPSA) is 77.5 Å². The molecule has 0 aliphatic carbocycles. The van der Waals surface area contributed by atoms with Gasteiger partial charge in [-0.3, -0.25) is 9.59 Å². The van der Waals surface area contributed by atoms with E-state index < -0.39 is 0 Å². The number of carbonyl (C=O) groups is 2. The Morgan fingerprint density at radius 3 is 1.62 bits per heavy atom. The maximum absolute atomic E-state index is 13.8. The lowest BCUT2D eigenvalue weighted by Gasteiger charge is -2.25. The van der Waals surface area contributed by atoms with Crippen molar-refractivity contribution < 1.29 is 28.5 Å². The van der Waals surface area contributed by atoms with Crippen LogP contribution in [-0.2, 0) is 6.54 Å². The van der Waals surface area contributed by atoms with Gasteiger partial charge in [-0.2, -0.15) is 0 Å². The van der Waals surface area contributed by atoms with E-state index in [0.29, 0.717) is 47.2 Å². The molecule has 0 spiro atoms. The van der Waals surface area contributed by atoms with Crippen molar-refractivity contribution in [3.8, 4) is 23.0 Å². The fraction of sp³-hybridized carbons (Fsp3) is 0.310. The average molecular weight is 507 g/mol. The maximum atomic E-state index is 13.8. The Hall–Kier alpha value is -4.20. The van der Waals surface area contributed by atoms with E-state index in [2.05, 4.69) is 0 Å². The first-order chi connectivity index (χ1) is 17.9. The van der Waals surface area contributed by atoms with E-state index in [1.807, 2.05) is 38.1 Å². The third kappa shape index (κ3) is 6.14. The highest BCUT2D eigenvalue weighted by atomic mass is 16.5. The first-order valence-corrected chi connectivity index (χ1v) is 12.0. The lowest BCUT2D eigenvalue weighted by Crippen LogP contribution is -2.31. The van der Waals surface area contributed by atoms with Gasteiger partial charge in [0.25, 0.3) is 11.8 Å². The zero-order chi connectivity index (χ0) is 26.9. The third-order valence-electron chi connectivity index (χ3n) is 6.14. The predicted molar refractivity (Wildman–Crippen MR) is 143 cm³/mol. The van der Waals surface area contributed by atoms with E-state index in [1.54, 1.807) is 53.3 Å². The van der Waals surface area contributed by atoms with E-state index in [-0.39, 0.29) is 18.4 Å². The van der Waals surface area contributed by atoms with E-state index in [9.17, 15) is 9.59 Å². The molecule has 0 saturated heterocycles. The highest BCUT2D eigenvalue weighted by Gasteiger charge is 2.23. The fourth-order valence-corrected chi connectivity index (χ4v) is 4.02. The molecule has 0 aromatic heterocycles. The van der Waals surface area contributed by atoms with Crippen LogP contribution in [0.3, 0.4) is 0 Å². The molecule has 0 atom stereocenters. The fourth-order valence-electron chi connectivity index (χ4n) is 4.02. The molecule has 0 saturated carbocycles. The molecule has 37 heavy (non-hydrogen) atoms. The van der Waals surface area contributed by atoms with Crippen LogP contribution in [0.15, 0.2) is 60.7 Å². The monoisotopic (exact) mass is 506 g/mol. The van der Waals surface area contributed by atoms with Gasteiger partial charge in [-0.05, 0) is 55.8 Å². The largest absolute Gasteiger partial charge is 0.497 e. The molecule has 3 aromatic carbocycles. The van der Waals surface area contributed by atoms with Crippen LogP contribution in [0.25, 0.3) is 0 Å². The van der Waals surface area contributed by atoms with Gasteiger partial charge in [0.2, 0.25) is 5.75 Å². The van der Waals surface area contributed by atoms with Gasteiger partial charge in [0.05, 0.1) is 40.7 Å². The number of nitrogens with zero attached hydrogens (tertiary/aromatic N) is 2. The van der Waals surface area contributed by atoms with E-state index in [1.165, 1.54) is 21.3 Å². The van der Waals surface area contributed by atoms with Crippen LogP contribution in [0.2, 0.25) is 0 Å². The third-order valence-corrected chi connectivity index (χ3v) is 6.14. The van der Waals surface area contributed by atoms with Gasteiger partial charge < -0.3 is 28.7 Å². The molecule has 0 aliphatic rings. The quantitative estimate of drug-likeness (QED) is 0.362. The van der Waals surface area contributed by atoms with Crippen LogP contribution < -0.4 is 23.8 Å². The summed E-state index contributed by atoms with van der Waals surface area (Å²) in [4.78, 5) is 29.9. The van der Waals surface area contributed by atoms with Crippen molar-refractivity contribution in [3.05, 3.63) is 77.4 Å². The van der Waals surface area contributed by atoms with Crippen LogP contribution in [0, 0.1) is 0 Å². The van der Waals surface area contributed by atoms with Gasteiger partial charge in [0, 0.05) is 36.3 Å². The van der Waals surface area contributed by atoms with Gasteiger partial charge >= 0.3 is 0 Å². The highest BCUT2D eigenvalue weighted by Crippen LogP contribution is 2.41. The Morgan fingerprint density at radius 2 is 1.19 bits per heavy atom. The molecule has 2 amide bonds. The summed E-state index contributed by atoms with van der Waals surface area (Å²) in [5.41, 5.74) is 2.45. The molecule has 0 fully saturated rings. The lowest BCUT2D eigenvalue weighted by atomic mass is 10.1. The van der Waals surface area contributed by atoms with Crippen LogP contribution in [0.4, 0.5) is 5.69 Å². The van der Waals surface area contributed by atoms with Crippen molar-refractivity contribution in [2.75, 3.05) is 46.4 Å². The summed E-state index contributed by atoms with van der Waals surface area (Å²) in [6, 6.07) is 17.7. The molecular formula is C29H34N2O6. The molecular weight excluding hydrogens is 472 g/mol. The molecule has 0 bridgehead atoms. The Kier molecular flexibility index (Phi) is 9.38. The number of amides is 2. The normalized spacial score (nSPS) is 10.4. The number of hydrogen-bond donors (Lipinski definition) is 0. The van der Waals surface area contributed by atoms with Crippen molar-refractivity contribution in [2.45, 2.75) is 20.4 Å². The van der Waals surface area contributed by atoms with Crippen LogP contribution in [0.5, 0.6) is 23.0 Å². The SMILES string of the molecule is CCN(CC)C(=O)c1ccc(C(=O)N(Cc2ccc(OC)cc2)c2cc(OC)c(OC)c(OC)c2)cc1. The molecule has 0 aliphatic heterocycles. The van der Waals surface area contributed by atoms with E-state index >= 15 is 0 Å². The predicted octanol–water partition coefficient (Wildman–Crippen LogP) is 5.05. The number of carbonyl (C=O) groups excluding carboxylic acids is 2. The molecule has 8 nitrogen and oxygen atoms in total. The molecule has 196 valence electrons. The number of rotatable bonds is 11. The number of ether oxygens (including phenoxy) is 4. The van der Waals surface area contributed by atoms with Crippen molar-refractivity contribution in [1.29, 1.82) is 0 Å². The minimum atomic E-state index is -0.244. The van der Waals surface area contributed by atoms with Crippen LogP contribution in [-0.4, -0.2) is 58.2 Å². The second-order valence-electron chi connectivity index (χ2n) is 8.18. The molecule has 3 rings (SSSR count). The summed E-state index contributed by atoms with van der Waals surface area (Å²) in [6.07, 6.45) is 0. The zero-order valence-electron chi connectivity index (χ0n) is 22.2. The van der Waals surface area contributed by atoms with Gasteiger partial charge in [0.1, 0.15) is 5.75 Å². The molecule has 0 unspecified atom stereocenters. The number of hydrogen-bond acceptors (Lipinski definition) is 6. The number of methoxy groups -OCH3 is 4. The van der Waals surface area contributed by atoms with Gasteiger partial charge in [-0.15, -0.1) is 0 Å². The van der Waals surface area contributed by atoms with Crippen molar-refractivity contribution in [1.82, 2.24) is 4.90 Å². The van der Waals surface area contributed by atoms with Crippen LogP contribution >= 0.6 is 0 Å². The summed E-state index contributed by atoms with van der Waals surface area (Å²) in [7, 11) is 6.20. The highest BCUT2D eigenvalue weighted by molar-refractivity contribution is 6.07. The second kappa shape index (κ2) is 12.7. The lowest BCUT2D eigenvalue weighted by molar-refractivity contribution is 0.0772. The van der Waals surface area contributed by atoms with Gasteiger partial charge in [0.15, 0.2) is 11.5 Å². The Balaban J connectivity index is 2.03. The zero-order valence-corrected chi connectivity index (χ0v) is 22.2. The molecule has 3 aromatic rings. The number of anilines is 1. The average Bonchev–Trinajstić information content (AvgIpc) is 2.95. The first kappa shape index (κ1) is 27.4. The second-order valence-corrected chi connectivity index (χ2v) is 8.18. The Labute approximate surface area is 218 Å². The van der Waals surface area contributed by atoms with Crippen LogP contribution in [0.1, 0.15) is 40.1 Å². The smallest absolute Gasteiger partial charge is 0.258 e. The maximum Gasteiger partial charge on any atom is 0.258 e. The summed E-state index contributed by atoms with van der Waals surface area (Å²) in [5.74, 6) is 1.72. The first-order valence-electron chi connectivity index (χ1n) is 12.0. The van der Waals surface area contributed by atoms with Crippen molar-refractivity contribution >= 4 is 17.5 Å². The number of benzene rings is 3. The molecule has 0 radical (unpaired) electrons. The summed E-state index contributed by atoms with van der Waals surface area (Å²) in [5, 5.41) is 0. The Morgan fingerprint density at radius 1 is 0.676 bits per heavy atom. The van der Waals surface area contributed by atoms with Crippen molar-refractivity contribution in [3.63, 3.8) is 0 Å². The van der Waals surface area contributed by atoms with Gasteiger partial charge in [-0.25, -0.2) is 0 Å². The molecule has 0 heterocycles. The molecule has 0 N–H and O–H groups in total. The molecule has 8 heteroatoms. The summed E-state index contributed by atoms with van der Waals surface area (Å²) < 4.78 is 21.8. The minimum absolute atomic E-state index is 0.0660. The standard InChI is InChI=1S/C29H34N2O6/c1-7-30(8-2)28(32)21-11-13-22(14-12-21)29(33)31(19-20-9-15-24(34-3)16-10-20)23-17-25(35-4)27(37-6)26(18-23)36-5/h9-18H,7-8,19H2,1-6H3. The van der Waals surface area contributed by atoms with Crippen molar-refractivity contribution in [2.24, 2.45) is 0 Å². The minimum Gasteiger partial charge on any atom is -0.497 e. The van der Waals surface area contributed by atoms with E-state index in [0.717, 1.165) is 11.3 Å². The van der Waals surface area contributed by atoms with E-state index in [4.69, 9.17) is 18.9 Å². The Bertz CT molecular complexity index is 1180.